The van der Waals surface area contributed by atoms with Crippen LogP contribution >= 0.6 is 11.3 Å². The van der Waals surface area contributed by atoms with Gasteiger partial charge in [0.05, 0.1) is 27.3 Å². The van der Waals surface area contributed by atoms with Crippen molar-refractivity contribution in [3.8, 4) is 5.69 Å². The third kappa shape index (κ3) is 6.33. The van der Waals surface area contributed by atoms with Crippen molar-refractivity contribution in [2.45, 2.75) is 26.2 Å². The number of hydrogen-bond donors (Lipinski definition) is 2. The second-order valence-electron chi connectivity index (χ2n) is 8.94. The zero-order chi connectivity index (χ0) is 25.6. The largest absolute Gasteiger partial charge is 0.391 e. The van der Waals surface area contributed by atoms with Crippen molar-refractivity contribution in [3.05, 3.63) is 77.6 Å². The highest BCUT2D eigenvalue weighted by molar-refractivity contribution is 7.16. The van der Waals surface area contributed by atoms with Crippen LogP contribution in [0.15, 0.2) is 76.6 Å². The third-order valence-electron chi connectivity index (χ3n) is 5.20. The number of rotatable bonds is 9. The summed E-state index contributed by atoms with van der Waals surface area (Å²) in [5.74, 6) is 1.14. The monoisotopic (exact) mass is 488 g/mol. The van der Waals surface area contributed by atoms with Crippen molar-refractivity contribution in [1.82, 2.24) is 20.0 Å². The second kappa shape index (κ2) is 11.0. The van der Waals surface area contributed by atoms with Crippen LogP contribution in [0, 0.1) is 0 Å². The van der Waals surface area contributed by atoms with Gasteiger partial charge in [-0.15, -0.1) is 11.3 Å². The zero-order valence-electron chi connectivity index (χ0n) is 20.7. The molecule has 3 N–H and O–H groups in total. The highest BCUT2D eigenvalue weighted by atomic mass is 32.1. The fourth-order valence-electron chi connectivity index (χ4n) is 3.25. The van der Waals surface area contributed by atoms with E-state index in [1.807, 2.05) is 36.2 Å². The molecule has 0 fully saturated rings. The van der Waals surface area contributed by atoms with E-state index in [9.17, 15) is 0 Å². The van der Waals surface area contributed by atoms with Gasteiger partial charge in [0.1, 0.15) is 12.5 Å². The molecule has 0 bridgehead atoms. The van der Waals surface area contributed by atoms with Gasteiger partial charge in [0.2, 0.25) is 0 Å². The number of aliphatic imine (C=N–C) groups is 3. The standard InChI is InChI=1S/C26H32N8S/c1-18(22-12-13-23(27)35-22)32-24(30-17-33(7)15-14-28-5)21-16-31-34(25(21)29-6)20-10-8-19(9-11-20)26(2,3)4/h8-16H,1,5-6,17,27H2,2-4,7H3,(H,30,32)/b15-14-. The SMILES string of the molecule is C=N/C=C\N(C)C/N=C(/NC(=C)c1ccc(N)s1)c1cnn(-c2ccc(C(C)(C)C)cc2)c1N=C. The Balaban J connectivity index is 1.99. The first-order valence-corrected chi connectivity index (χ1v) is 11.8. The van der Waals surface area contributed by atoms with E-state index in [2.05, 4.69) is 73.3 Å². The molecule has 0 atom stereocenters. The van der Waals surface area contributed by atoms with E-state index in [1.165, 1.54) is 16.9 Å². The van der Waals surface area contributed by atoms with Gasteiger partial charge in [-0.2, -0.15) is 5.10 Å². The van der Waals surface area contributed by atoms with E-state index in [4.69, 9.17) is 10.7 Å². The van der Waals surface area contributed by atoms with Gasteiger partial charge < -0.3 is 16.0 Å². The minimum Gasteiger partial charge on any atom is -0.391 e. The van der Waals surface area contributed by atoms with Crippen molar-refractivity contribution in [2.75, 3.05) is 19.5 Å². The molecule has 3 aromatic rings. The van der Waals surface area contributed by atoms with Crippen LogP contribution in [0.4, 0.5) is 10.8 Å². The van der Waals surface area contributed by atoms with Gasteiger partial charge in [-0.3, -0.25) is 4.99 Å². The van der Waals surface area contributed by atoms with Gasteiger partial charge in [-0.25, -0.2) is 14.7 Å². The van der Waals surface area contributed by atoms with Gasteiger partial charge in [0.25, 0.3) is 0 Å². The van der Waals surface area contributed by atoms with Crippen LogP contribution in [-0.2, 0) is 5.41 Å². The van der Waals surface area contributed by atoms with Crippen LogP contribution in [0.25, 0.3) is 11.4 Å². The Morgan fingerprint density at radius 2 is 1.91 bits per heavy atom. The molecule has 0 aliphatic heterocycles. The van der Waals surface area contributed by atoms with Gasteiger partial charge >= 0.3 is 0 Å². The Morgan fingerprint density at radius 3 is 2.49 bits per heavy atom. The first-order valence-electron chi connectivity index (χ1n) is 11.0. The van der Waals surface area contributed by atoms with Crippen LogP contribution in [-0.4, -0.2) is 47.7 Å². The summed E-state index contributed by atoms with van der Waals surface area (Å²) >= 11 is 1.45. The van der Waals surface area contributed by atoms with Crippen molar-refractivity contribution < 1.29 is 0 Å². The van der Waals surface area contributed by atoms with E-state index in [1.54, 1.807) is 23.3 Å². The molecule has 3 rings (SSSR count). The molecule has 2 heterocycles. The molecule has 2 aromatic heterocycles. The lowest BCUT2D eigenvalue weighted by Crippen LogP contribution is -2.24. The molecule has 8 nitrogen and oxygen atoms in total. The van der Waals surface area contributed by atoms with Crippen molar-refractivity contribution in [3.63, 3.8) is 0 Å². The molecule has 1 aromatic carbocycles. The molecule has 0 amide bonds. The number of anilines is 1. The lowest BCUT2D eigenvalue weighted by Gasteiger charge is -2.19. The van der Waals surface area contributed by atoms with E-state index in [0.29, 0.717) is 34.6 Å². The molecule has 0 aliphatic rings. The maximum atomic E-state index is 5.91. The van der Waals surface area contributed by atoms with E-state index < -0.39 is 0 Å². The third-order valence-corrected chi connectivity index (χ3v) is 6.17. The van der Waals surface area contributed by atoms with Gasteiger partial charge in [-0.05, 0) is 48.7 Å². The summed E-state index contributed by atoms with van der Waals surface area (Å²) in [7, 11) is 1.89. The molecule has 35 heavy (non-hydrogen) atoms. The first-order chi connectivity index (χ1) is 16.6. The summed E-state index contributed by atoms with van der Waals surface area (Å²) in [4.78, 5) is 15.6. The molecule has 182 valence electrons. The highest BCUT2D eigenvalue weighted by Gasteiger charge is 2.19. The fourth-order valence-corrected chi connectivity index (χ4v) is 3.96. The minimum absolute atomic E-state index is 0.0597. The predicted molar refractivity (Wildman–Crippen MR) is 150 cm³/mol. The van der Waals surface area contributed by atoms with E-state index in [-0.39, 0.29) is 5.41 Å². The zero-order valence-corrected chi connectivity index (χ0v) is 21.5. The molecular weight excluding hydrogens is 456 g/mol. The number of aromatic nitrogens is 2. The Kier molecular flexibility index (Phi) is 8.03. The topological polar surface area (TPSA) is 96.2 Å². The van der Waals surface area contributed by atoms with Crippen LogP contribution < -0.4 is 11.1 Å². The molecule has 0 unspecified atom stereocenters. The summed E-state index contributed by atoms with van der Waals surface area (Å²) in [5.41, 5.74) is 9.46. The van der Waals surface area contributed by atoms with Crippen LogP contribution in [0.1, 0.15) is 36.8 Å². The Bertz CT molecular complexity index is 1260. The first kappa shape index (κ1) is 25.6. The summed E-state index contributed by atoms with van der Waals surface area (Å²) in [5, 5.41) is 8.63. The molecule has 0 saturated heterocycles. The van der Waals surface area contributed by atoms with Crippen LogP contribution in [0.3, 0.4) is 0 Å². The lowest BCUT2D eigenvalue weighted by molar-refractivity contribution is 0.472. The highest BCUT2D eigenvalue weighted by Crippen LogP contribution is 2.28. The summed E-state index contributed by atoms with van der Waals surface area (Å²) < 4.78 is 1.75. The number of nitrogens with one attached hydrogen (secondary N) is 1. The van der Waals surface area contributed by atoms with E-state index >= 15 is 0 Å². The van der Waals surface area contributed by atoms with E-state index in [0.717, 1.165) is 10.6 Å². The smallest absolute Gasteiger partial charge is 0.166 e. The number of nitrogens with two attached hydrogens (primary N) is 1. The Labute approximate surface area is 210 Å². The predicted octanol–water partition coefficient (Wildman–Crippen LogP) is 5.21. The average molecular weight is 489 g/mol. The number of amidine groups is 1. The van der Waals surface area contributed by atoms with Crippen LogP contribution in [0.5, 0.6) is 0 Å². The molecule has 9 heteroatoms. The molecule has 0 aliphatic carbocycles. The second-order valence-corrected chi connectivity index (χ2v) is 10.1. The summed E-state index contributed by atoms with van der Waals surface area (Å²) in [6.45, 7) is 18.3. The number of hydrogen-bond acceptors (Lipinski definition) is 7. The number of benzene rings is 1. The maximum Gasteiger partial charge on any atom is 0.166 e. The summed E-state index contributed by atoms with van der Waals surface area (Å²) in [6, 6.07) is 12.0. The number of nitrogens with zero attached hydrogens (tertiary/aromatic N) is 6. The van der Waals surface area contributed by atoms with Crippen LogP contribution in [0.2, 0.25) is 0 Å². The normalized spacial score (nSPS) is 12.1. The maximum absolute atomic E-state index is 5.91. The Morgan fingerprint density at radius 1 is 1.20 bits per heavy atom. The van der Waals surface area contributed by atoms with Crippen molar-refractivity contribution in [2.24, 2.45) is 15.0 Å². The fraction of sp³-hybridized carbons (Fsp3) is 0.231. The Hall–Kier alpha value is -3.98. The van der Waals surface area contributed by atoms with Crippen molar-refractivity contribution >= 4 is 47.1 Å². The molecule has 0 radical (unpaired) electrons. The molecule has 0 spiro atoms. The number of thiophene rings is 1. The molecular formula is C26H32N8S. The average Bonchev–Trinajstić information content (AvgIpc) is 3.46. The lowest BCUT2D eigenvalue weighted by atomic mass is 9.87. The quantitative estimate of drug-likeness (QED) is 0.319. The number of nitrogen functional groups attached to an aromatic ring is 1. The molecule has 0 saturated carbocycles. The van der Waals surface area contributed by atoms with Gasteiger partial charge in [0, 0.05) is 25.1 Å². The summed E-state index contributed by atoms with van der Waals surface area (Å²) in [6.07, 6.45) is 5.12. The van der Waals surface area contributed by atoms with Gasteiger partial charge in [-0.1, -0.05) is 39.5 Å². The van der Waals surface area contributed by atoms with Crippen molar-refractivity contribution in [1.29, 1.82) is 0 Å². The van der Waals surface area contributed by atoms with Gasteiger partial charge in [0.15, 0.2) is 5.82 Å². The minimum atomic E-state index is 0.0597.